The van der Waals surface area contributed by atoms with Gasteiger partial charge in [-0.05, 0) is 75.9 Å². The molecule has 8 heteroatoms. The van der Waals surface area contributed by atoms with Crippen LogP contribution < -0.4 is 5.32 Å². The quantitative estimate of drug-likeness (QED) is 0.421. The summed E-state index contributed by atoms with van der Waals surface area (Å²) in [4.78, 5) is 11.7. The second-order valence-electron chi connectivity index (χ2n) is 7.69. The Morgan fingerprint density at radius 1 is 1.17 bits per heavy atom. The second kappa shape index (κ2) is 8.83. The van der Waals surface area contributed by atoms with Gasteiger partial charge < -0.3 is 5.32 Å². The van der Waals surface area contributed by atoms with Crippen LogP contribution in [-0.4, -0.2) is 37.6 Å². The number of nitrogens with zero attached hydrogens (tertiary/aromatic N) is 5. The van der Waals surface area contributed by atoms with Crippen molar-refractivity contribution < 1.29 is 0 Å². The third-order valence-electron chi connectivity index (χ3n) is 5.64. The van der Waals surface area contributed by atoms with Gasteiger partial charge in [-0.2, -0.15) is 21.0 Å². The van der Waals surface area contributed by atoms with Gasteiger partial charge in [0.1, 0.15) is 5.82 Å². The first-order chi connectivity index (χ1) is 14.8. The average Bonchev–Trinajstić information content (AvgIpc) is 3.43. The lowest BCUT2D eigenvalue weighted by atomic mass is 9.93. The topological polar surface area (TPSA) is 58.4 Å². The summed E-state index contributed by atoms with van der Waals surface area (Å²) in [6, 6.07) is 8.42. The lowest BCUT2D eigenvalue weighted by Crippen LogP contribution is -2.32. The van der Waals surface area contributed by atoms with Gasteiger partial charge in [0.25, 0.3) is 0 Å². The van der Waals surface area contributed by atoms with Crippen LogP contribution >= 0.6 is 27.3 Å². The Morgan fingerprint density at radius 2 is 2.07 bits per heavy atom. The predicted molar refractivity (Wildman–Crippen MR) is 124 cm³/mol. The van der Waals surface area contributed by atoms with Gasteiger partial charge in [-0.25, -0.2) is 4.98 Å². The van der Waals surface area contributed by atoms with Crippen LogP contribution in [0.5, 0.6) is 0 Å². The van der Waals surface area contributed by atoms with E-state index in [0.717, 1.165) is 59.7 Å². The summed E-state index contributed by atoms with van der Waals surface area (Å²) in [5.41, 5.74) is 4.56. The Labute approximate surface area is 188 Å². The Bertz CT molecular complexity index is 1100. The molecule has 30 heavy (non-hydrogen) atoms. The van der Waals surface area contributed by atoms with Crippen molar-refractivity contribution in [1.82, 2.24) is 24.5 Å². The van der Waals surface area contributed by atoms with Crippen molar-refractivity contribution >= 4 is 38.7 Å². The number of fused-ring (bicyclic) bond motifs is 1. The molecular formula is C22H23BrN6S. The minimum absolute atomic E-state index is 0.467. The van der Waals surface area contributed by atoms with Crippen LogP contribution in [0.25, 0.3) is 5.65 Å². The second-order valence-corrected chi connectivity index (χ2v) is 9.33. The summed E-state index contributed by atoms with van der Waals surface area (Å²) in [5.74, 6) is 1.43. The largest absolute Gasteiger partial charge is 0.366 e. The molecule has 0 aromatic carbocycles. The fourth-order valence-corrected chi connectivity index (χ4v) is 5.02. The van der Waals surface area contributed by atoms with E-state index in [1.165, 1.54) is 5.56 Å². The average molecular weight is 483 g/mol. The van der Waals surface area contributed by atoms with Crippen molar-refractivity contribution in [2.45, 2.75) is 31.8 Å². The number of hydrogen-bond donors (Lipinski definition) is 1. The van der Waals surface area contributed by atoms with Crippen LogP contribution in [0.15, 0.2) is 58.1 Å². The van der Waals surface area contributed by atoms with E-state index in [9.17, 15) is 0 Å². The van der Waals surface area contributed by atoms with Gasteiger partial charge >= 0.3 is 0 Å². The van der Waals surface area contributed by atoms with E-state index in [-0.39, 0.29) is 0 Å². The van der Waals surface area contributed by atoms with Crippen LogP contribution in [0.2, 0.25) is 0 Å². The lowest BCUT2D eigenvalue weighted by molar-refractivity contribution is 0.203. The van der Waals surface area contributed by atoms with Gasteiger partial charge in [0.2, 0.25) is 0 Å². The van der Waals surface area contributed by atoms with Crippen LogP contribution in [0.4, 0.5) is 5.82 Å². The van der Waals surface area contributed by atoms with Gasteiger partial charge in [0.15, 0.2) is 5.65 Å². The molecule has 154 valence electrons. The fourth-order valence-electron chi connectivity index (χ4n) is 4.01. The lowest BCUT2D eigenvalue weighted by Gasteiger charge is -2.31. The monoisotopic (exact) mass is 482 g/mol. The molecule has 0 saturated carbocycles. The standard InChI is InChI=1S/C22H23BrN6S/c23-19-13-26-29-21(25-12-16-2-1-6-24-11-16)10-20(27-22(19)29)18-3-7-28(8-4-18)14-17-5-9-30-15-17/h1-2,5-6,9-11,13,15,18,25H,3-4,7-8,12,14H2. The SMILES string of the molecule is Brc1cnn2c(NCc3cccnc3)cc(C3CCN(Cc4ccsc4)CC3)nc12. The molecule has 6 nitrogen and oxygen atoms in total. The fraction of sp³-hybridized carbons (Fsp3) is 0.318. The maximum atomic E-state index is 4.96. The summed E-state index contributed by atoms with van der Waals surface area (Å²) in [7, 11) is 0. The van der Waals surface area contributed by atoms with E-state index >= 15 is 0 Å². The zero-order chi connectivity index (χ0) is 20.3. The van der Waals surface area contributed by atoms with E-state index in [2.05, 4.69) is 65.2 Å². The number of rotatable bonds is 6. The van der Waals surface area contributed by atoms with Gasteiger partial charge in [0, 0.05) is 43.2 Å². The van der Waals surface area contributed by atoms with E-state index in [0.29, 0.717) is 12.5 Å². The molecule has 0 unspecified atom stereocenters. The van der Waals surface area contributed by atoms with E-state index < -0.39 is 0 Å². The summed E-state index contributed by atoms with van der Waals surface area (Å²) in [6.45, 7) is 3.95. The molecule has 1 aliphatic heterocycles. The van der Waals surface area contributed by atoms with Crippen molar-refractivity contribution in [3.8, 4) is 0 Å². The molecule has 1 saturated heterocycles. The highest BCUT2D eigenvalue weighted by atomic mass is 79.9. The van der Waals surface area contributed by atoms with Crippen LogP contribution in [0.3, 0.4) is 0 Å². The van der Waals surface area contributed by atoms with Crippen LogP contribution in [0.1, 0.15) is 35.6 Å². The van der Waals surface area contributed by atoms with Crippen molar-refractivity contribution in [1.29, 1.82) is 0 Å². The van der Waals surface area contributed by atoms with Crippen molar-refractivity contribution in [2.24, 2.45) is 0 Å². The molecule has 4 aromatic heterocycles. The predicted octanol–water partition coefficient (Wildman–Crippen LogP) is 4.94. The molecule has 0 radical (unpaired) electrons. The van der Waals surface area contributed by atoms with Gasteiger partial charge in [-0.15, -0.1) is 0 Å². The van der Waals surface area contributed by atoms with Crippen molar-refractivity contribution in [3.63, 3.8) is 0 Å². The summed E-state index contributed by atoms with van der Waals surface area (Å²) >= 11 is 5.38. The number of anilines is 1. The molecule has 4 aromatic rings. The highest BCUT2D eigenvalue weighted by molar-refractivity contribution is 9.10. The summed E-state index contributed by atoms with van der Waals surface area (Å²) < 4.78 is 2.79. The molecular weight excluding hydrogens is 460 g/mol. The van der Waals surface area contributed by atoms with E-state index in [1.54, 1.807) is 17.5 Å². The third-order valence-corrected chi connectivity index (χ3v) is 6.93. The smallest absolute Gasteiger partial charge is 0.171 e. The summed E-state index contributed by atoms with van der Waals surface area (Å²) in [6.07, 6.45) is 7.74. The normalized spacial score (nSPS) is 15.6. The summed E-state index contributed by atoms with van der Waals surface area (Å²) in [5, 5.41) is 12.4. The molecule has 1 fully saturated rings. The molecule has 1 N–H and O–H groups in total. The molecule has 0 aliphatic carbocycles. The Hall–Kier alpha value is -2.29. The van der Waals surface area contributed by atoms with E-state index in [1.807, 2.05) is 23.0 Å². The van der Waals surface area contributed by atoms with Crippen molar-refractivity contribution in [3.05, 3.63) is 74.9 Å². The molecule has 0 spiro atoms. The number of nitrogens with one attached hydrogen (secondary N) is 1. The number of pyridine rings is 1. The van der Waals surface area contributed by atoms with Crippen molar-refractivity contribution in [2.75, 3.05) is 18.4 Å². The molecule has 0 atom stereocenters. The zero-order valence-electron chi connectivity index (χ0n) is 16.5. The van der Waals surface area contributed by atoms with Gasteiger partial charge in [-0.3, -0.25) is 9.88 Å². The molecule has 5 rings (SSSR count). The Kier molecular flexibility index (Phi) is 5.79. The minimum atomic E-state index is 0.467. The Morgan fingerprint density at radius 3 is 2.83 bits per heavy atom. The first-order valence-electron chi connectivity index (χ1n) is 10.2. The molecule has 0 amide bonds. The number of likely N-dealkylation sites (tertiary alicyclic amines) is 1. The minimum Gasteiger partial charge on any atom is -0.366 e. The molecule has 1 aliphatic rings. The highest BCUT2D eigenvalue weighted by Gasteiger charge is 2.23. The number of thiophene rings is 1. The first kappa shape index (κ1) is 19.7. The molecule has 5 heterocycles. The first-order valence-corrected chi connectivity index (χ1v) is 11.9. The number of hydrogen-bond acceptors (Lipinski definition) is 6. The molecule has 0 bridgehead atoms. The third kappa shape index (κ3) is 4.26. The maximum Gasteiger partial charge on any atom is 0.171 e. The number of halogens is 1. The van der Waals surface area contributed by atoms with Gasteiger partial charge in [-0.1, -0.05) is 6.07 Å². The van der Waals surface area contributed by atoms with Crippen LogP contribution in [-0.2, 0) is 13.1 Å². The van der Waals surface area contributed by atoms with Crippen LogP contribution in [0, 0.1) is 0 Å². The van der Waals surface area contributed by atoms with E-state index in [4.69, 9.17) is 4.98 Å². The number of aromatic nitrogens is 4. The number of piperidine rings is 1. The highest BCUT2D eigenvalue weighted by Crippen LogP contribution is 2.31. The maximum absolute atomic E-state index is 4.96. The van der Waals surface area contributed by atoms with Gasteiger partial charge in [0.05, 0.1) is 10.7 Å². The Balaban J connectivity index is 1.33. The zero-order valence-corrected chi connectivity index (χ0v) is 18.9.